The lowest BCUT2D eigenvalue weighted by atomic mass is 9.72. The molecule has 7 nitrogen and oxygen atoms in total. The molecular formula is C34H48O7. The van der Waals surface area contributed by atoms with Crippen molar-refractivity contribution in [3.05, 3.63) is 59.3 Å². The predicted octanol–water partition coefficient (Wildman–Crippen LogP) is 5.53. The van der Waals surface area contributed by atoms with Crippen LogP contribution in [0, 0.1) is 23.7 Å². The molecule has 0 unspecified atom stereocenters. The third-order valence-corrected chi connectivity index (χ3v) is 9.57. The molecule has 1 spiro atoms. The molecule has 0 radical (unpaired) electrons. The molecule has 0 aromatic heterocycles. The van der Waals surface area contributed by atoms with E-state index in [1.165, 1.54) is 0 Å². The number of ether oxygens (including phenoxy) is 3. The Labute approximate surface area is 245 Å². The maximum Gasteiger partial charge on any atom is 0.316 e. The molecule has 0 aromatic rings. The molecule has 2 bridgehead atoms. The largest absolute Gasteiger partial charge is 0.462 e. The topological polar surface area (TPSA) is 102 Å². The summed E-state index contributed by atoms with van der Waals surface area (Å²) in [6.07, 6.45) is 13.5. The van der Waals surface area contributed by atoms with Gasteiger partial charge >= 0.3 is 5.97 Å². The molecule has 7 heteroatoms. The number of hydrogen-bond acceptors (Lipinski definition) is 7. The first kappa shape index (κ1) is 31.6. The van der Waals surface area contributed by atoms with Crippen LogP contribution in [0.15, 0.2) is 59.3 Å². The Balaban J connectivity index is 1.75. The second-order valence-electron chi connectivity index (χ2n) is 12.8. The maximum absolute atomic E-state index is 13.8. The van der Waals surface area contributed by atoms with Gasteiger partial charge in [0.1, 0.15) is 17.6 Å². The molecule has 3 aliphatic heterocycles. The zero-order valence-electron chi connectivity index (χ0n) is 25.6. The minimum absolute atomic E-state index is 0.0440. The Kier molecular flexibility index (Phi) is 9.64. The van der Waals surface area contributed by atoms with E-state index in [2.05, 4.69) is 26.8 Å². The van der Waals surface area contributed by atoms with Gasteiger partial charge in [0.2, 0.25) is 0 Å². The highest BCUT2D eigenvalue weighted by Gasteiger charge is 2.50. The number of esters is 1. The summed E-state index contributed by atoms with van der Waals surface area (Å²) >= 11 is 0. The van der Waals surface area contributed by atoms with Crippen molar-refractivity contribution in [2.24, 2.45) is 23.7 Å². The van der Waals surface area contributed by atoms with Gasteiger partial charge in [0.25, 0.3) is 0 Å². The summed E-state index contributed by atoms with van der Waals surface area (Å²) in [5.74, 6) is -2.51. The number of ketones is 1. The molecule has 41 heavy (non-hydrogen) atoms. The Morgan fingerprint density at radius 1 is 1.07 bits per heavy atom. The van der Waals surface area contributed by atoms with Crippen LogP contribution >= 0.6 is 0 Å². The van der Waals surface area contributed by atoms with Gasteiger partial charge in [-0.25, -0.2) is 0 Å². The van der Waals surface area contributed by atoms with Crippen LogP contribution in [0.2, 0.25) is 0 Å². The van der Waals surface area contributed by atoms with E-state index in [4.69, 9.17) is 14.2 Å². The fourth-order valence-electron chi connectivity index (χ4n) is 6.48. The quantitative estimate of drug-likeness (QED) is 0.334. The lowest BCUT2D eigenvalue weighted by molar-refractivity contribution is -0.300. The van der Waals surface area contributed by atoms with Gasteiger partial charge in [0.05, 0.1) is 18.3 Å². The van der Waals surface area contributed by atoms with Crippen molar-refractivity contribution in [1.82, 2.24) is 0 Å². The second-order valence-corrected chi connectivity index (χ2v) is 12.8. The van der Waals surface area contributed by atoms with Crippen molar-refractivity contribution in [3.8, 4) is 0 Å². The normalized spacial score (nSPS) is 44.5. The van der Waals surface area contributed by atoms with E-state index >= 15 is 0 Å². The number of aliphatic hydroxyl groups is 2. The molecule has 1 aliphatic carbocycles. The van der Waals surface area contributed by atoms with Crippen LogP contribution in [-0.4, -0.2) is 57.8 Å². The molecule has 4 aliphatic rings. The van der Waals surface area contributed by atoms with Crippen LogP contribution in [-0.2, 0) is 23.8 Å². The number of carbonyl (C=O) groups is 2. The maximum atomic E-state index is 13.8. The first-order valence-electron chi connectivity index (χ1n) is 15.2. The van der Waals surface area contributed by atoms with Gasteiger partial charge in [-0.3, -0.25) is 9.59 Å². The highest BCUT2D eigenvalue weighted by atomic mass is 16.7. The van der Waals surface area contributed by atoms with Crippen molar-refractivity contribution in [2.45, 2.75) is 116 Å². The third-order valence-electron chi connectivity index (χ3n) is 9.57. The number of carbonyl (C=O) groups excluding carboxylic acids is 2. The molecule has 3 heterocycles. The number of allylic oxidation sites excluding steroid dienone is 3. The van der Waals surface area contributed by atoms with Crippen molar-refractivity contribution >= 4 is 11.8 Å². The van der Waals surface area contributed by atoms with Gasteiger partial charge < -0.3 is 24.4 Å². The number of rotatable bonds is 2. The highest BCUT2D eigenvalue weighted by Crippen LogP contribution is 2.43. The smallest absolute Gasteiger partial charge is 0.316 e. The molecule has 4 rings (SSSR count). The molecule has 2 N–H and O–H groups in total. The first-order chi connectivity index (χ1) is 19.3. The summed E-state index contributed by atoms with van der Waals surface area (Å²) in [6, 6.07) is 0. The number of fused-ring (bicyclic) bond motifs is 3. The zero-order chi connectivity index (χ0) is 30.1. The molecule has 226 valence electrons. The van der Waals surface area contributed by atoms with Crippen LogP contribution in [0.5, 0.6) is 0 Å². The van der Waals surface area contributed by atoms with E-state index in [0.717, 1.165) is 12.0 Å². The molecule has 1 fully saturated rings. The number of aliphatic hydroxyl groups excluding tert-OH is 1. The van der Waals surface area contributed by atoms with Crippen molar-refractivity contribution in [1.29, 1.82) is 0 Å². The van der Waals surface area contributed by atoms with Crippen molar-refractivity contribution < 1.29 is 34.0 Å². The summed E-state index contributed by atoms with van der Waals surface area (Å²) in [7, 11) is 0. The summed E-state index contributed by atoms with van der Waals surface area (Å²) < 4.78 is 19.5. The average Bonchev–Trinajstić information content (AvgIpc) is 2.93. The van der Waals surface area contributed by atoms with Crippen LogP contribution in [0.3, 0.4) is 0 Å². The Morgan fingerprint density at radius 2 is 1.80 bits per heavy atom. The fraction of sp³-hybridized carbons (Fsp3) is 0.647. The minimum Gasteiger partial charge on any atom is -0.462 e. The fourth-order valence-corrected chi connectivity index (χ4v) is 6.48. The van der Waals surface area contributed by atoms with Crippen LogP contribution < -0.4 is 0 Å². The monoisotopic (exact) mass is 568 g/mol. The van der Waals surface area contributed by atoms with Gasteiger partial charge in [-0.1, -0.05) is 70.6 Å². The summed E-state index contributed by atoms with van der Waals surface area (Å²) in [5.41, 5.74) is 0.0408. The van der Waals surface area contributed by atoms with Gasteiger partial charge in [-0.05, 0) is 55.9 Å². The second kappa shape index (κ2) is 12.5. The molecule has 0 aromatic carbocycles. The summed E-state index contributed by atoms with van der Waals surface area (Å²) in [4.78, 5) is 26.5. The molecule has 0 saturated carbocycles. The molecule has 10 atom stereocenters. The van der Waals surface area contributed by atoms with Crippen LogP contribution in [0.25, 0.3) is 0 Å². The van der Waals surface area contributed by atoms with Gasteiger partial charge in [0.15, 0.2) is 11.6 Å². The van der Waals surface area contributed by atoms with Crippen LogP contribution in [0.4, 0.5) is 0 Å². The number of hydrogen-bond donors (Lipinski definition) is 2. The molecule has 1 saturated heterocycles. The van der Waals surface area contributed by atoms with Gasteiger partial charge in [-0.2, -0.15) is 0 Å². The first-order valence-corrected chi connectivity index (χ1v) is 15.2. The van der Waals surface area contributed by atoms with E-state index in [-0.39, 0.29) is 36.2 Å². The molecular weight excluding hydrogens is 520 g/mol. The van der Waals surface area contributed by atoms with Crippen molar-refractivity contribution in [3.63, 3.8) is 0 Å². The lowest BCUT2D eigenvalue weighted by Crippen LogP contribution is -2.54. The predicted molar refractivity (Wildman–Crippen MR) is 158 cm³/mol. The average molecular weight is 569 g/mol. The SMILES string of the molecule is CC[C@H](C)[C@H]1O[C@]2(C=C[C@@H]1C)C[C@@H]1C[C@@H](C/C=C(\C)[C@@H](O)[C@@H](C)/C=C\C=C(/C)[C@]3(O)CC(=O)C(C)=C[C@H]3C(=O)O1)O2. The van der Waals surface area contributed by atoms with E-state index in [1.54, 1.807) is 32.1 Å². The van der Waals surface area contributed by atoms with E-state index in [0.29, 0.717) is 36.3 Å². The summed E-state index contributed by atoms with van der Waals surface area (Å²) in [6.45, 7) is 13.7. The Bertz CT molecular complexity index is 1160. The van der Waals surface area contributed by atoms with E-state index in [1.807, 2.05) is 32.1 Å². The zero-order valence-corrected chi connectivity index (χ0v) is 25.6. The van der Waals surface area contributed by atoms with Gasteiger partial charge in [-0.15, -0.1) is 0 Å². The standard InChI is InChI=1S/C34H48O7/c1-8-20(2)31-23(5)14-15-33(41-31)18-27-17-26(40-33)13-12-22(4)30(36)21(3)10-9-11-25(7)34(38)19-29(35)24(6)16-28(34)32(37)39-27/h9-12,14-16,20-21,23,26-28,30-31,36,38H,8,13,17-19H2,1-7H3/b10-9-,22-12+,25-11+/t20-,21-,23-,26+,27-,28-,30-,31+,33+,34+/m0/s1. The van der Waals surface area contributed by atoms with Crippen LogP contribution in [0.1, 0.15) is 80.6 Å². The van der Waals surface area contributed by atoms with Gasteiger partial charge in [0, 0.05) is 31.1 Å². The van der Waals surface area contributed by atoms with E-state index in [9.17, 15) is 19.8 Å². The Hall–Kier alpha value is -2.32. The third kappa shape index (κ3) is 6.69. The molecule has 0 amide bonds. The lowest BCUT2D eigenvalue weighted by Gasteiger charge is -2.48. The number of Topliss-reactive ketones (excluding diaryl/α,β-unsaturated/α-hetero) is 1. The van der Waals surface area contributed by atoms with Crippen molar-refractivity contribution in [2.75, 3.05) is 0 Å². The summed E-state index contributed by atoms with van der Waals surface area (Å²) in [5, 5.41) is 22.8. The van der Waals surface area contributed by atoms with E-state index < -0.39 is 35.5 Å². The minimum atomic E-state index is -1.71. The Morgan fingerprint density at radius 3 is 2.51 bits per heavy atom. The highest BCUT2D eigenvalue weighted by molar-refractivity contribution is 5.99.